The minimum atomic E-state index is 0.269. The van der Waals surface area contributed by atoms with E-state index in [1.165, 1.54) is 0 Å². The van der Waals surface area contributed by atoms with E-state index in [1.807, 2.05) is 0 Å². The van der Waals surface area contributed by atoms with Crippen molar-refractivity contribution in [1.29, 1.82) is 0 Å². The second kappa shape index (κ2) is 4.26. The molecule has 4 heteroatoms. The van der Waals surface area contributed by atoms with Crippen LogP contribution >= 0.6 is 0 Å². The Kier molecular flexibility index (Phi) is 3.28. The van der Waals surface area contributed by atoms with E-state index in [-0.39, 0.29) is 5.41 Å². The second-order valence-electron chi connectivity index (χ2n) is 4.21. The first-order chi connectivity index (χ1) is 6.53. The molecule has 0 atom stereocenters. The maximum atomic E-state index is 5.48. The molecule has 0 aliphatic rings. The number of nitrogen functional groups attached to an aromatic ring is 1. The van der Waals surface area contributed by atoms with Gasteiger partial charge in [-0.3, -0.25) is 0 Å². The third kappa shape index (κ3) is 3.20. The first-order valence-electron chi connectivity index (χ1n) is 4.85. The van der Waals surface area contributed by atoms with E-state index in [4.69, 9.17) is 5.73 Å². The molecule has 0 radical (unpaired) electrons. The van der Waals surface area contributed by atoms with E-state index in [2.05, 4.69) is 36.1 Å². The lowest BCUT2D eigenvalue weighted by Gasteiger charge is -2.22. The summed E-state index contributed by atoms with van der Waals surface area (Å²) in [6.45, 7) is 7.45. The summed E-state index contributed by atoms with van der Waals surface area (Å²) in [7, 11) is 0. The first-order valence-corrected chi connectivity index (χ1v) is 4.85. The molecule has 0 fully saturated rings. The summed E-state index contributed by atoms with van der Waals surface area (Å²) in [6, 6.07) is 0. The Morgan fingerprint density at radius 3 is 2.43 bits per heavy atom. The SMILES string of the molecule is CCC(C)(C)CNc1ncc(N)cn1. The van der Waals surface area contributed by atoms with Gasteiger partial charge < -0.3 is 11.1 Å². The predicted octanol–water partition coefficient (Wildman–Crippen LogP) is 1.91. The standard InChI is InChI=1S/C10H18N4/c1-4-10(2,3)7-14-9-12-5-8(11)6-13-9/h5-6H,4,7,11H2,1-3H3,(H,12,13,14). The first kappa shape index (κ1) is 10.8. The van der Waals surface area contributed by atoms with Gasteiger partial charge in [0, 0.05) is 6.54 Å². The quantitative estimate of drug-likeness (QED) is 0.768. The van der Waals surface area contributed by atoms with Crippen molar-refractivity contribution < 1.29 is 0 Å². The zero-order valence-corrected chi connectivity index (χ0v) is 9.04. The van der Waals surface area contributed by atoms with Crippen molar-refractivity contribution in [2.75, 3.05) is 17.6 Å². The number of nitrogens with zero attached hydrogens (tertiary/aromatic N) is 2. The lowest BCUT2D eigenvalue weighted by atomic mass is 9.90. The van der Waals surface area contributed by atoms with Crippen LogP contribution in [0.5, 0.6) is 0 Å². The van der Waals surface area contributed by atoms with Gasteiger partial charge in [-0.2, -0.15) is 0 Å². The molecule has 0 aromatic carbocycles. The molecule has 3 N–H and O–H groups in total. The van der Waals surface area contributed by atoms with E-state index in [1.54, 1.807) is 12.4 Å². The molecule has 0 aliphatic carbocycles. The smallest absolute Gasteiger partial charge is 0.222 e. The Balaban J connectivity index is 2.50. The van der Waals surface area contributed by atoms with Crippen LogP contribution in [-0.2, 0) is 0 Å². The molecule has 0 amide bonds. The Morgan fingerprint density at radius 1 is 1.36 bits per heavy atom. The number of nitrogens with two attached hydrogens (primary N) is 1. The van der Waals surface area contributed by atoms with E-state index >= 15 is 0 Å². The lowest BCUT2D eigenvalue weighted by molar-refractivity contribution is 0.376. The fourth-order valence-electron chi connectivity index (χ4n) is 0.873. The molecule has 14 heavy (non-hydrogen) atoms. The fourth-order valence-corrected chi connectivity index (χ4v) is 0.873. The lowest BCUT2D eigenvalue weighted by Crippen LogP contribution is -2.22. The van der Waals surface area contributed by atoms with Crippen LogP contribution in [-0.4, -0.2) is 16.5 Å². The molecule has 1 heterocycles. The van der Waals surface area contributed by atoms with Crippen molar-refractivity contribution >= 4 is 11.6 Å². The van der Waals surface area contributed by atoms with Crippen molar-refractivity contribution in [2.45, 2.75) is 27.2 Å². The summed E-state index contributed by atoms with van der Waals surface area (Å²) in [5.41, 5.74) is 6.34. The van der Waals surface area contributed by atoms with Gasteiger partial charge in [0.2, 0.25) is 5.95 Å². The highest BCUT2D eigenvalue weighted by Crippen LogP contribution is 2.19. The highest BCUT2D eigenvalue weighted by atomic mass is 15.1. The molecule has 78 valence electrons. The van der Waals surface area contributed by atoms with Gasteiger partial charge in [-0.05, 0) is 11.8 Å². The van der Waals surface area contributed by atoms with E-state index in [9.17, 15) is 0 Å². The normalized spacial score (nSPS) is 11.4. The number of rotatable bonds is 4. The summed E-state index contributed by atoms with van der Waals surface area (Å²) >= 11 is 0. The zero-order valence-electron chi connectivity index (χ0n) is 9.04. The molecule has 1 aromatic heterocycles. The topological polar surface area (TPSA) is 63.8 Å². The fraction of sp³-hybridized carbons (Fsp3) is 0.600. The second-order valence-corrected chi connectivity index (χ2v) is 4.21. The Morgan fingerprint density at radius 2 is 1.93 bits per heavy atom. The van der Waals surface area contributed by atoms with Gasteiger partial charge in [-0.1, -0.05) is 20.8 Å². The van der Waals surface area contributed by atoms with Crippen LogP contribution in [0.1, 0.15) is 27.2 Å². The summed E-state index contributed by atoms with van der Waals surface area (Å²) < 4.78 is 0. The van der Waals surface area contributed by atoms with Crippen molar-refractivity contribution in [3.63, 3.8) is 0 Å². The molecule has 0 aliphatic heterocycles. The summed E-state index contributed by atoms with van der Waals surface area (Å²) in [5.74, 6) is 0.640. The summed E-state index contributed by atoms with van der Waals surface area (Å²) in [6.07, 6.45) is 4.33. The highest BCUT2D eigenvalue weighted by Gasteiger charge is 2.14. The zero-order chi connectivity index (χ0) is 10.6. The molecule has 0 saturated heterocycles. The number of anilines is 2. The van der Waals surface area contributed by atoms with Crippen molar-refractivity contribution in [3.05, 3.63) is 12.4 Å². The Labute approximate surface area is 85.0 Å². The average Bonchev–Trinajstić information content (AvgIpc) is 2.17. The average molecular weight is 194 g/mol. The Hall–Kier alpha value is -1.32. The van der Waals surface area contributed by atoms with Gasteiger partial charge in [0.1, 0.15) is 0 Å². The van der Waals surface area contributed by atoms with Gasteiger partial charge in [0.15, 0.2) is 0 Å². The molecular formula is C10H18N4. The van der Waals surface area contributed by atoms with E-state index in [0.29, 0.717) is 11.6 Å². The number of hydrogen-bond donors (Lipinski definition) is 2. The van der Waals surface area contributed by atoms with Gasteiger partial charge in [-0.15, -0.1) is 0 Å². The molecule has 4 nitrogen and oxygen atoms in total. The molecule has 0 unspecified atom stereocenters. The molecule has 1 aromatic rings. The third-order valence-corrected chi connectivity index (χ3v) is 2.35. The van der Waals surface area contributed by atoms with E-state index in [0.717, 1.165) is 13.0 Å². The van der Waals surface area contributed by atoms with Crippen LogP contribution in [0.25, 0.3) is 0 Å². The molecule has 0 saturated carbocycles. The third-order valence-electron chi connectivity index (χ3n) is 2.35. The van der Waals surface area contributed by atoms with Gasteiger partial charge in [0.25, 0.3) is 0 Å². The van der Waals surface area contributed by atoms with Crippen molar-refractivity contribution in [3.8, 4) is 0 Å². The molecule has 0 bridgehead atoms. The number of hydrogen-bond acceptors (Lipinski definition) is 4. The Bertz CT molecular complexity index is 279. The number of aromatic nitrogens is 2. The maximum Gasteiger partial charge on any atom is 0.222 e. The molecule has 0 spiro atoms. The van der Waals surface area contributed by atoms with Gasteiger partial charge >= 0.3 is 0 Å². The summed E-state index contributed by atoms with van der Waals surface area (Å²) in [5, 5.41) is 3.19. The highest BCUT2D eigenvalue weighted by molar-refractivity contribution is 5.35. The minimum absolute atomic E-state index is 0.269. The van der Waals surface area contributed by atoms with Crippen LogP contribution in [0.3, 0.4) is 0 Å². The molecule has 1 rings (SSSR count). The van der Waals surface area contributed by atoms with Gasteiger partial charge in [-0.25, -0.2) is 9.97 Å². The van der Waals surface area contributed by atoms with Gasteiger partial charge in [0.05, 0.1) is 18.1 Å². The minimum Gasteiger partial charge on any atom is -0.396 e. The van der Waals surface area contributed by atoms with Crippen LogP contribution in [0.2, 0.25) is 0 Å². The summed E-state index contributed by atoms with van der Waals surface area (Å²) in [4.78, 5) is 8.14. The largest absolute Gasteiger partial charge is 0.396 e. The van der Waals surface area contributed by atoms with Crippen LogP contribution < -0.4 is 11.1 Å². The maximum absolute atomic E-state index is 5.48. The van der Waals surface area contributed by atoms with E-state index < -0.39 is 0 Å². The number of nitrogens with one attached hydrogen (secondary N) is 1. The predicted molar refractivity (Wildman–Crippen MR) is 59.0 cm³/mol. The van der Waals surface area contributed by atoms with Crippen molar-refractivity contribution in [2.24, 2.45) is 5.41 Å². The van der Waals surface area contributed by atoms with Crippen LogP contribution in [0, 0.1) is 5.41 Å². The van der Waals surface area contributed by atoms with Crippen LogP contribution in [0.15, 0.2) is 12.4 Å². The molecular weight excluding hydrogens is 176 g/mol. The van der Waals surface area contributed by atoms with Crippen LogP contribution in [0.4, 0.5) is 11.6 Å². The monoisotopic (exact) mass is 194 g/mol. The van der Waals surface area contributed by atoms with Crippen molar-refractivity contribution in [1.82, 2.24) is 9.97 Å².